The highest BCUT2D eigenvalue weighted by Gasteiger charge is 2.12. The number of carbonyl (C=O) groups is 1. The van der Waals surface area contributed by atoms with Crippen LogP contribution in [0.5, 0.6) is 0 Å². The summed E-state index contributed by atoms with van der Waals surface area (Å²) < 4.78 is 4.71. The molecule has 0 bridgehead atoms. The van der Waals surface area contributed by atoms with Crippen molar-refractivity contribution in [1.29, 1.82) is 0 Å². The third kappa shape index (κ3) is 6.67. The number of ether oxygens (including phenoxy) is 1. The van der Waals surface area contributed by atoms with Crippen LogP contribution in [0.25, 0.3) is 0 Å². The number of rotatable bonds is 9. The molecule has 0 aliphatic heterocycles. The van der Waals surface area contributed by atoms with Crippen LogP contribution in [-0.2, 0) is 16.0 Å². The predicted molar refractivity (Wildman–Crippen MR) is 114 cm³/mol. The highest BCUT2D eigenvalue weighted by molar-refractivity contribution is 6.33. The minimum Gasteiger partial charge on any atom is -0.469 e. The molecule has 2 rings (SSSR count). The smallest absolute Gasteiger partial charge is 0.309 e. The summed E-state index contributed by atoms with van der Waals surface area (Å²) in [5.74, 6) is -0.295. The molecule has 0 heterocycles. The van der Waals surface area contributed by atoms with E-state index in [9.17, 15) is 9.90 Å². The van der Waals surface area contributed by atoms with Crippen molar-refractivity contribution < 1.29 is 14.6 Å². The van der Waals surface area contributed by atoms with Gasteiger partial charge in [-0.2, -0.15) is 0 Å². The topological polar surface area (TPSA) is 70.6 Å². The van der Waals surface area contributed by atoms with E-state index in [2.05, 4.69) is 10.6 Å². The van der Waals surface area contributed by atoms with Crippen molar-refractivity contribution in [2.45, 2.75) is 32.4 Å². The number of anilines is 1. The molecule has 0 saturated heterocycles. The Morgan fingerprint density at radius 3 is 2.64 bits per heavy atom. The number of aliphatic hydroxyl groups is 1. The van der Waals surface area contributed by atoms with E-state index in [-0.39, 0.29) is 18.4 Å². The Morgan fingerprint density at radius 1 is 1.21 bits per heavy atom. The Bertz CT molecular complexity index is 814. The second-order valence-electron chi connectivity index (χ2n) is 6.77. The number of hydrogen-bond donors (Lipinski definition) is 3. The number of aryl methyl sites for hydroxylation is 1. The average Bonchev–Trinajstić information content (AvgIpc) is 2.67. The molecule has 0 radical (unpaired) electrons. The van der Waals surface area contributed by atoms with E-state index in [1.165, 1.54) is 7.11 Å². The number of nitrogens with one attached hydrogen (secondary N) is 2. The lowest BCUT2D eigenvalue weighted by atomic mass is 10.0. The molecule has 2 aromatic rings. The lowest BCUT2D eigenvalue weighted by Gasteiger charge is -2.19. The lowest BCUT2D eigenvalue weighted by Crippen LogP contribution is -2.35. The van der Waals surface area contributed by atoms with Crippen LogP contribution >= 0.6 is 23.2 Å². The summed E-state index contributed by atoms with van der Waals surface area (Å²) in [6, 6.07) is 11.0. The number of carbonyl (C=O) groups excluding carboxylic acids is 1. The maximum atomic E-state index is 11.5. The van der Waals surface area contributed by atoms with Crippen LogP contribution in [0.15, 0.2) is 36.4 Å². The summed E-state index contributed by atoms with van der Waals surface area (Å²) in [5.41, 5.74) is 3.39. The molecule has 152 valence electrons. The van der Waals surface area contributed by atoms with E-state index in [1.54, 1.807) is 18.2 Å². The fourth-order valence-corrected chi connectivity index (χ4v) is 3.21. The van der Waals surface area contributed by atoms with E-state index in [4.69, 9.17) is 27.9 Å². The van der Waals surface area contributed by atoms with Crippen LogP contribution in [0.4, 0.5) is 5.69 Å². The predicted octanol–water partition coefficient (Wildman–Crippen LogP) is 4.14. The van der Waals surface area contributed by atoms with Crippen molar-refractivity contribution in [1.82, 2.24) is 5.32 Å². The summed E-state index contributed by atoms with van der Waals surface area (Å²) >= 11 is 12.3. The van der Waals surface area contributed by atoms with Gasteiger partial charge in [-0.3, -0.25) is 4.79 Å². The van der Waals surface area contributed by atoms with E-state index in [0.29, 0.717) is 23.1 Å². The molecule has 5 nitrogen and oxygen atoms in total. The van der Waals surface area contributed by atoms with Gasteiger partial charge in [0.1, 0.15) is 0 Å². The first-order valence-electron chi connectivity index (χ1n) is 9.06. The number of esters is 1. The zero-order valence-electron chi connectivity index (χ0n) is 16.3. The molecule has 7 heteroatoms. The molecule has 0 fully saturated rings. The highest BCUT2D eigenvalue weighted by Crippen LogP contribution is 2.26. The fraction of sp³-hybridized carbons (Fsp3) is 0.381. The number of methoxy groups -OCH3 is 1. The van der Waals surface area contributed by atoms with Crippen LogP contribution in [0, 0.1) is 6.92 Å². The molecule has 0 aromatic heterocycles. The first-order chi connectivity index (χ1) is 13.3. The molecule has 3 N–H and O–H groups in total. The van der Waals surface area contributed by atoms with Gasteiger partial charge in [-0.15, -0.1) is 0 Å². The average molecular weight is 425 g/mol. The monoisotopic (exact) mass is 424 g/mol. The van der Waals surface area contributed by atoms with Gasteiger partial charge < -0.3 is 20.5 Å². The van der Waals surface area contributed by atoms with E-state index in [0.717, 1.165) is 22.4 Å². The summed E-state index contributed by atoms with van der Waals surface area (Å²) in [4.78, 5) is 11.5. The largest absolute Gasteiger partial charge is 0.469 e. The van der Waals surface area contributed by atoms with Crippen molar-refractivity contribution >= 4 is 34.9 Å². The summed E-state index contributed by atoms with van der Waals surface area (Å²) in [5, 5.41) is 18.0. The maximum absolute atomic E-state index is 11.5. The van der Waals surface area contributed by atoms with Gasteiger partial charge in [-0.05, 0) is 54.8 Å². The molecule has 28 heavy (non-hydrogen) atoms. The third-order valence-electron chi connectivity index (χ3n) is 4.48. The molecular weight excluding hydrogens is 399 g/mol. The van der Waals surface area contributed by atoms with Gasteiger partial charge in [-0.1, -0.05) is 35.3 Å². The van der Waals surface area contributed by atoms with E-state index in [1.807, 2.05) is 32.0 Å². The highest BCUT2D eigenvalue weighted by atomic mass is 35.5. The molecule has 2 aromatic carbocycles. The van der Waals surface area contributed by atoms with Gasteiger partial charge >= 0.3 is 5.97 Å². The lowest BCUT2D eigenvalue weighted by molar-refractivity contribution is -0.139. The minimum atomic E-state index is -0.635. The molecule has 0 aliphatic rings. The molecule has 2 atom stereocenters. The Balaban J connectivity index is 1.87. The third-order valence-corrected chi connectivity index (χ3v) is 5.03. The Labute approximate surface area is 176 Å². The van der Waals surface area contributed by atoms with Gasteiger partial charge in [0.2, 0.25) is 0 Å². The quantitative estimate of drug-likeness (QED) is 0.527. The van der Waals surface area contributed by atoms with E-state index < -0.39 is 6.10 Å². The molecular formula is C21H26Cl2N2O3. The van der Waals surface area contributed by atoms with Crippen LogP contribution in [0.3, 0.4) is 0 Å². The maximum Gasteiger partial charge on any atom is 0.309 e. The van der Waals surface area contributed by atoms with Crippen LogP contribution in [0.2, 0.25) is 10.0 Å². The zero-order valence-corrected chi connectivity index (χ0v) is 17.8. The summed E-state index contributed by atoms with van der Waals surface area (Å²) in [6.07, 6.45) is -0.439. The summed E-state index contributed by atoms with van der Waals surface area (Å²) in [6.45, 7) is 4.98. The summed E-state index contributed by atoms with van der Waals surface area (Å²) in [7, 11) is 1.37. The molecule has 0 amide bonds. The number of halogens is 2. The van der Waals surface area contributed by atoms with Crippen LogP contribution < -0.4 is 10.6 Å². The van der Waals surface area contributed by atoms with Crippen molar-refractivity contribution in [3.8, 4) is 0 Å². The second kappa shape index (κ2) is 10.7. The van der Waals surface area contributed by atoms with E-state index >= 15 is 0 Å². The van der Waals surface area contributed by atoms with Gasteiger partial charge in [0.15, 0.2) is 0 Å². The van der Waals surface area contributed by atoms with Crippen LogP contribution in [-0.4, -0.2) is 37.3 Å². The standard InChI is InChI=1S/C21H26Cl2N2O3/c1-13-7-19(18(23)9-16(13)10-21(27)28-3)25-11-14(2)24-12-20(26)15-5-4-6-17(22)8-15/h4-9,14,20,24-26H,10-12H2,1-3H3. The Hall–Kier alpha value is -1.79. The van der Waals surface area contributed by atoms with Crippen molar-refractivity contribution in [2.75, 3.05) is 25.5 Å². The molecule has 0 aliphatic carbocycles. The normalized spacial score (nSPS) is 13.1. The number of aliphatic hydroxyl groups excluding tert-OH is 1. The number of hydrogen-bond acceptors (Lipinski definition) is 5. The van der Waals surface area contributed by atoms with Crippen molar-refractivity contribution in [3.63, 3.8) is 0 Å². The van der Waals surface area contributed by atoms with Gasteiger partial charge in [-0.25, -0.2) is 0 Å². The minimum absolute atomic E-state index is 0.0972. The fourth-order valence-electron chi connectivity index (χ4n) is 2.76. The van der Waals surface area contributed by atoms with Crippen LogP contribution in [0.1, 0.15) is 29.7 Å². The number of benzene rings is 2. The molecule has 2 unspecified atom stereocenters. The van der Waals surface area contributed by atoms with Gasteiger partial charge in [0.05, 0.1) is 30.3 Å². The zero-order chi connectivity index (χ0) is 20.7. The van der Waals surface area contributed by atoms with Gasteiger partial charge in [0.25, 0.3) is 0 Å². The van der Waals surface area contributed by atoms with Crippen molar-refractivity contribution in [2.24, 2.45) is 0 Å². The SMILES string of the molecule is COC(=O)Cc1cc(Cl)c(NCC(C)NCC(O)c2cccc(Cl)c2)cc1C. The van der Waals surface area contributed by atoms with Gasteiger partial charge in [0, 0.05) is 24.2 Å². The van der Waals surface area contributed by atoms with Crippen molar-refractivity contribution in [3.05, 3.63) is 63.1 Å². The Kier molecular flexibility index (Phi) is 8.58. The second-order valence-corrected chi connectivity index (χ2v) is 7.62. The molecule has 0 spiro atoms. The Morgan fingerprint density at radius 2 is 1.96 bits per heavy atom. The first-order valence-corrected chi connectivity index (χ1v) is 9.82. The first kappa shape index (κ1) is 22.5. The molecule has 0 saturated carbocycles.